The van der Waals surface area contributed by atoms with Crippen molar-refractivity contribution >= 4 is 21.9 Å². The number of aliphatic carboxylic acids is 1. The van der Waals surface area contributed by atoms with Crippen molar-refractivity contribution in [2.45, 2.75) is 26.2 Å². The Morgan fingerprint density at radius 2 is 2.29 bits per heavy atom. The number of hydrogen-bond acceptors (Lipinski definition) is 2. The Balaban J connectivity index is 2.83. The summed E-state index contributed by atoms with van der Waals surface area (Å²) in [6.07, 6.45) is 1.49. The van der Waals surface area contributed by atoms with E-state index in [-0.39, 0.29) is 6.42 Å². The summed E-state index contributed by atoms with van der Waals surface area (Å²) >= 11 is 3.44. The van der Waals surface area contributed by atoms with Crippen LogP contribution in [0.5, 0.6) is 0 Å². The monoisotopic (exact) mass is 260 g/mol. The maximum atomic E-state index is 10.4. The average Bonchev–Trinajstić information content (AvgIpc) is 2.38. The summed E-state index contributed by atoms with van der Waals surface area (Å²) in [6, 6.07) is 0. The molecule has 0 bridgehead atoms. The minimum Gasteiger partial charge on any atom is -0.481 e. The minimum absolute atomic E-state index is 0.124. The Labute approximate surface area is 91.1 Å². The zero-order valence-electron chi connectivity index (χ0n) is 8.25. The van der Waals surface area contributed by atoms with E-state index < -0.39 is 5.97 Å². The lowest BCUT2D eigenvalue weighted by molar-refractivity contribution is -0.136. The van der Waals surface area contributed by atoms with E-state index in [2.05, 4.69) is 21.0 Å². The number of halogens is 1. The van der Waals surface area contributed by atoms with Gasteiger partial charge in [-0.15, -0.1) is 0 Å². The molecule has 0 aliphatic rings. The quantitative estimate of drug-likeness (QED) is 0.898. The zero-order valence-corrected chi connectivity index (χ0v) is 9.84. The Bertz CT molecular complexity index is 347. The van der Waals surface area contributed by atoms with Crippen LogP contribution in [0.3, 0.4) is 0 Å². The van der Waals surface area contributed by atoms with Gasteiger partial charge in [-0.05, 0) is 22.4 Å². The van der Waals surface area contributed by atoms with Crippen molar-refractivity contribution in [1.29, 1.82) is 0 Å². The molecule has 0 amide bonds. The van der Waals surface area contributed by atoms with Gasteiger partial charge in [-0.2, -0.15) is 5.10 Å². The summed E-state index contributed by atoms with van der Waals surface area (Å²) in [5.41, 5.74) is 1.93. The van der Waals surface area contributed by atoms with Crippen LogP contribution in [0.2, 0.25) is 0 Å². The first-order valence-electron chi connectivity index (χ1n) is 4.48. The highest BCUT2D eigenvalue weighted by molar-refractivity contribution is 9.10. The number of aryl methyl sites for hydroxylation is 2. The number of carboxylic acid groups (broad SMARTS) is 1. The van der Waals surface area contributed by atoms with Gasteiger partial charge in [0.2, 0.25) is 0 Å². The van der Waals surface area contributed by atoms with E-state index in [1.54, 1.807) is 4.68 Å². The minimum atomic E-state index is -0.791. The lowest BCUT2D eigenvalue weighted by Crippen LogP contribution is -1.99. The third kappa shape index (κ3) is 2.35. The fraction of sp³-hybridized carbons (Fsp3) is 0.556. The maximum absolute atomic E-state index is 10.4. The number of hydrogen-bond donors (Lipinski definition) is 1. The molecule has 1 aromatic heterocycles. The lowest BCUT2D eigenvalue weighted by Gasteiger charge is -1.95. The molecular weight excluding hydrogens is 248 g/mol. The zero-order chi connectivity index (χ0) is 10.7. The van der Waals surface area contributed by atoms with Crippen LogP contribution >= 0.6 is 15.9 Å². The topological polar surface area (TPSA) is 55.1 Å². The summed E-state index contributed by atoms with van der Waals surface area (Å²) in [7, 11) is 1.87. The van der Waals surface area contributed by atoms with Gasteiger partial charge < -0.3 is 5.11 Å². The number of aromatic nitrogens is 2. The van der Waals surface area contributed by atoms with E-state index >= 15 is 0 Å². The molecule has 0 spiro atoms. The van der Waals surface area contributed by atoms with Gasteiger partial charge in [0.25, 0.3) is 0 Å². The van der Waals surface area contributed by atoms with E-state index in [4.69, 9.17) is 5.11 Å². The van der Waals surface area contributed by atoms with Crippen molar-refractivity contribution < 1.29 is 9.90 Å². The highest BCUT2D eigenvalue weighted by Gasteiger charge is 2.12. The van der Waals surface area contributed by atoms with Gasteiger partial charge in [-0.3, -0.25) is 9.48 Å². The van der Waals surface area contributed by atoms with Crippen LogP contribution in [0.1, 0.15) is 24.7 Å². The normalized spacial score (nSPS) is 10.5. The smallest absolute Gasteiger partial charge is 0.303 e. The molecule has 0 saturated carbocycles. The second kappa shape index (κ2) is 4.59. The predicted octanol–water partition coefficient (Wildman–Crippen LogP) is 1.76. The number of rotatable bonds is 4. The maximum Gasteiger partial charge on any atom is 0.303 e. The van der Waals surface area contributed by atoms with Crippen LogP contribution in [0.4, 0.5) is 0 Å². The molecule has 0 atom stereocenters. The third-order valence-corrected chi connectivity index (χ3v) is 2.99. The van der Waals surface area contributed by atoms with Crippen molar-refractivity contribution in [3.8, 4) is 0 Å². The summed E-state index contributed by atoms with van der Waals surface area (Å²) in [5, 5.41) is 12.8. The van der Waals surface area contributed by atoms with Crippen LogP contribution in [0.15, 0.2) is 4.47 Å². The molecule has 1 rings (SSSR count). The van der Waals surface area contributed by atoms with Crippen LogP contribution in [-0.4, -0.2) is 20.9 Å². The van der Waals surface area contributed by atoms with E-state index in [9.17, 15) is 4.79 Å². The molecular formula is C9H13BrN2O2. The molecule has 1 N–H and O–H groups in total. The molecule has 0 unspecified atom stereocenters. The van der Waals surface area contributed by atoms with Crippen molar-refractivity contribution in [3.05, 3.63) is 15.9 Å². The fourth-order valence-electron chi connectivity index (χ4n) is 1.36. The highest BCUT2D eigenvalue weighted by Crippen LogP contribution is 2.22. The van der Waals surface area contributed by atoms with Crippen molar-refractivity contribution in [1.82, 2.24) is 9.78 Å². The molecule has 14 heavy (non-hydrogen) atoms. The molecule has 0 fully saturated rings. The fourth-order valence-corrected chi connectivity index (χ4v) is 2.18. The van der Waals surface area contributed by atoms with Crippen molar-refractivity contribution in [2.24, 2.45) is 7.05 Å². The second-order valence-corrected chi connectivity index (χ2v) is 3.87. The number of carboxylic acids is 1. The molecule has 1 heterocycles. The van der Waals surface area contributed by atoms with Gasteiger partial charge in [0.05, 0.1) is 22.3 Å². The van der Waals surface area contributed by atoms with Crippen molar-refractivity contribution in [2.75, 3.05) is 0 Å². The van der Waals surface area contributed by atoms with Crippen LogP contribution in [0, 0.1) is 0 Å². The molecule has 4 nitrogen and oxygen atoms in total. The largest absolute Gasteiger partial charge is 0.481 e. The molecule has 1 aromatic rings. The van der Waals surface area contributed by atoms with Gasteiger partial charge in [0, 0.05) is 13.5 Å². The van der Waals surface area contributed by atoms with Gasteiger partial charge in [0.1, 0.15) is 0 Å². The molecule has 0 aromatic carbocycles. The van der Waals surface area contributed by atoms with E-state index in [0.717, 1.165) is 22.3 Å². The van der Waals surface area contributed by atoms with Crippen LogP contribution < -0.4 is 0 Å². The van der Waals surface area contributed by atoms with Crippen molar-refractivity contribution in [3.63, 3.8) is 0 Å². The molecule has 78 valence electrons. The van der Waals surface area contributed by atoms with Crippen LogP contribution in [-0.2, 0) is 24.7 Å². The molecule has 5 heteroatoms. The first kappa shape index (κ1) is 11.2. The molecule has 0 aliphatic carbocycles. The molecule has 0 radical (unpaired) electrons. The van der Waals surface area contributed by atoms with Gasteiger partial charge in [-0.1, -0.05) is 6.92 Å². The van der Waals surface area contributed by atoms with Gasteiger partial charge >= 0.3 is 5.97 Å². The Morgan fingerprint density at radius 3 is 2.71 bits per heavy atom. The lowest BCUT2D eigenvalue weighted by atomic mass is 10.2. The number of nitrogens with zero attached hydrogens (tertiary/aromatic N) is 2. The number of carbonyl (C=O) groups is 1. The van der Waals surface area contributed by atoms with Crippen LogP contribution in [0.25, 0.3) is 0 Å². The summed E-state index contributed by atoms with van der Waals surface area (Å²) < 4.78 is 2.74. The summed E-state index contributed by atoms with van der Waals surface area (Å²) in [5.74, 6) is -0.791. The highest BCUT2D eigenvalue weighted by atomic mass is 79.9. The molecule has 0 aliphatic heterocycles. The van der Waals surface area contributed by atoms with E-state index in [0.29, 0.717) is 6.42 Å². The Morgan fingerprint density at radius 1 is 1.64 bits per heavy atom. The standard InChI is InChI=1S/C9H13BrN2O2/c1-3-7-9(10)6(11-12(7)2)4-5-8(13)14/h3-5H2,1-2H3,(H,13,14). The first-order valence-corrected chi connectivity index (χ1v) is 5.27. The Kier molecular flexibility index (Phi) is 3.69. The van der Waals surface area contributed by atoms with Gasteiger partial charge in [0.15, 0.2) is 0 Å². The third-order valence-electron chi connectivity index (χ3n) is 2.08. The predicted molar refractivity (Wildman–Crippen MR) is 56.2 cm³/mol. The average molecular weight is 261 g/mol. The Hall–Kier alpha value is -0.840. The van der Waals surface area contributed by atoms with E-state index in [1.165, 1.54) is 0 Å². The van der Waals surface area contributed by atoms with Gasteiger partial charge in [-0.25, -0.2) is 0 Å². The molecule has 0 saturated heterocycles. The van der Waals surface area contributed by atoms with E-state index in [1.807, 2.05) is 14.0 Å². The first-order chi connectivity index (χ1) is 6.56. The summed E-state index contributed by atoms with van der Waals surface area (Å²) in [6.45, 7) is 2.04. The SMILES string of the molecule is CCc1c(Br)c(CCC(=O)O)nn1C. The summed E-state index contributed by atoms with van der Waals surface area (Å²) in [4.78, 5) is 10.4. The second-order valence-electron chi connectivity index (χ2n) is 3.08.